The molecule has 2 unspecified atom stereocenters. The molecule has 2 aromatic carbocycles. The lowest BCUT2D eigenvalue weighted by Gasteiger charge is -2.41. The Hall–Kier alpha value is -3.23. The fourth-order valence-electron chi connectivity index (χ4n) is 4.47. The van der Waals surface area contributed by atoms with E-state index in [9.17, 15) is 18.0 Å². The first kappa shape index (κ1) is 21.0. The lowest BCUT2D eigenvalue weighted by molar-refractivity contribution is -0.174. The number of oxime groups is 1. The fraction of sp³-hybridized carbons (Fsp3) is 0.364. The van der Waals surface area contributed by atoms with Gasteiger partial charge in [0.2, 0.25) is 0 Å². The molecule has 2 atom stereocenters. The van der Waals surface area contributed by atoms with Crippen LogP contribution >= 0.6 is 0 Å². The highest BCUT2D eigenvalue weighted by Crippen LogP contribution is 2.48. The van der Waals surface area contributed by atoms with E-state index < -0.39 is 18.1 Å². The molecule has 1 saturated heterocycles. The maximum atomic E-state index is 12.8. The van der Waals surface area contributed by atoms with Crippen LogP contribution in [0.25, 0.3) is 0 Å². The van der Waals surface area contributed by atoms with Crippen molar-refractivity contribution < 1.29 is 23.2 Å². The number of para-hydroxylation sites is 1. The van der Waals surface area contributed by atoms with Crippen LogP contribution in [0, 0.1) is 0 Å². The highest BCUT2D eigenvalue weighted by Gasteiger charge is 2.42. The molecular formula is C22H23F3N4O2. The summed E-state index contributed by atoms with van der Waals surface area (Å²) in [5.74, 6) is -1.89. The number of carbonyl (C=O) groups excluding carboxylic acids is 1. The smallest absolute Gasteiger partial charge is 0.411 e. The van der Waals surface area contributed by atoms with Gasteiger partial charge in [0.05, 0.1) is 23.1 Å². The number of fused-ring (bicyclic) bond motifs is 5. The Morgan fingerprint density at radius 2 is 1.90 bits per heavy atom. The lowest BCUT2D eigenvalue weighted by Crippen LogP contribution is -2.49. The summed E-state index contributed by atoms with van der Waals surface area (Å²) in [6.07, 6.45) is -4.12. The van der Waals surface area contributed by atoms with Crippen molar-refractivity contribution in [3.8, 4) is 0 Å². The topological polar surface area (TPSA) is 68.2 Å². The summed E-state index contributed by atoms with van der Waals surface area (Å²) >= 11 is 0. The van der Waals surface area contributed by atoms with Crippen LogP contribution in [0.2, 0.25) is 0 Å². The Labute approximate surface area is 177 Å². The van der Waals surface area contributed by atoms with Crippen molar-refractivity contribution >= 4 is 28.7 Å². The number of carbonyl (C=O) groups is 1. The third-order valence-corrected chi connectivity index (χ3v) is 6.07. The fourth-order valence-corrected chi connectivity index (χ4v) is 4.47. The van der Waals surface area contributed by atoms with Gasteiger partial charge in [0, 0.05) is 30.9 Å². The number of halogens is 3. The first-order chi connectivity index (χ1) is 14.7. The van der Waals surface area contributed by atoms with E-state index in [4.69, 9.17) is 5.21 Å². The summed E-state index contributed by atoms with van der Waals surface area (Å²) in [6.45, 7) is 2.21. The van der Waals surface area contributed by atoms with Gasteiger partial charge >= 0.3 is 12.1 Å². The van der Waals surface area contributed by atoms with Gasteiger partial charge in [0.1, 0.15) is 0 Å². The third kappa shape index (κ3) is 3.80. The number of nitrogens with zero attached hydrogens (tertiary/aromatic N) is 3. The van der Waals surface area contributed by atoms with Crippen LogP contribution in [0.1, 0.15) is 36.9 Å². The molecule has 31 heavy (non-hydrogen) atoms. The number of nitrogens with one attached hydrogen (secondary N) is 1. The zero-order valence-electron chi connectivity index (χ0n) is 17.1. The van der Waals surface area contributed by atoms with Gasteiger partial charge in [0.25, 0.3) is 0 Å². The summed E-state index contributed by atoms with van der Waals surface area (Å²) in [5, 5.41) is 14.6. The molecule has 6 nitrogen and oxygen atoms in total. The Morgan fingerprint density at radius 1 is 1.16 bits per heavy atom. The average Bonchev–Trinajstić information content (AvgIpc) is 2.86. The van der Waals surface area contributed by atoms with E-state index in [-0.39, 0.29) is 6.04 Å². The van der Waals surface area contributed by atoms with Gasteiger partial charge in [-0.1, -0.05) is 29.4 Å². The van der Waals surface area contributed by atoms with Crippen LogP contribution in [0.5, 0.6) is 0 Å². The van der Waals surface area contributed by atoms with Crippen LogP contribution in [-0.2, 0) is 4.79 Å². The third-order valence-electron chi connectivity index (χ3n) is 6.07. The molecule has 0 aliphatic carbocycles. The number of amides is 1. The maximum absolute atomic E-state index is 12.8. The zero-order chi connectivity index (χ0) is 22.3. The molecular weight excluding hydrogens is 409 g/mol. The second-order valence-corrected chi connectivity index (χ2v) is 7.91. The van der Waals surface area contributed by atoms with Crippen LogP contribution in [-0.4, -0.2) is 42.6 Å². The molecule has 4 rings (SSSR count). The highest BCUT2D eigenvalue weighted by atomic mass is 19.4. The van der Waals surface area contributed by atoms with Crippen molar-refractivity contribution in [2.45, 2.75) is 38.0 Å². The number of alkyl halides is 3. The average molecular weight is 432 g/mol. The van der Waals surface area contributed by atoms with Gasteiger partial charge < -0.3 is 20.3 Å². The summed E-state index contributed by atoms with van der Waals surface area (Å²) in [6, 6.07) is 12.8. The first-order valence-corrected chi connectivity index (χ1v) is 10.0. The Kier molecular flexibility index (Phi) is 5.28. The molecule has 1 amide bonds. The van der Waals surface area contributed by atoms with Crippen molar-refractivity contribution in [3.05, 3.63) is 53.6 Å². The van der Waals surface area contributed by atoms with Gasteiger partial charge in [-0.05, 0) is 43.5 Å². The van der Waals surface area contributed by atoms with E-state index in [2.05, 4.69) is 15.4 Å². The first-order valence-electron chi connectivity index (χ1n) is 10.0. The minimum absolute atomic E-state index is 0.189. The number of hydrogen-bond acceptors (Lipinski definition) is 5. The van der Waals surface area contributed by atoms with E-state index >= 15 is 0 Å². The summed E-state index contributed by atoms with van der Waals surface area (Å²) in [5.41, 5.74) is 5.04. The number of piperidine rings is 1. The van der Waals surface area contributed by atoms with Gasteiger partial charge in [-0.25, -0.2) is 0 Å². The molecule has 0 bridgehead atoms. The quantitative estimate of drug-likeness (QED) is 0.421. The zero-order valence-corrected chi connectivity index (χ0v) is 17.1. The van der Waals surface area contributed by atoms with Gasteiger partial charge in [-0.3, -0.25) is 4.79 Å². The molecule has 2 aliphatic heterocycles. The molecule has 2 heterocycles. The molecule has 0 radical (unpaired) electrons. The molecule has 1 fully saturated rings. The van der Waals surface area contributed by atoms with E-state index in [0.29, 0.717) is 25.1 Å². The summed E-state index contributed by atoms with van der Waals surface area (Å²) < 4.78 is 38.3. The normalized spacial score (nSPS) is 21.0. The number of anilines is 3. The molecule has 0 aromatic heterocycles. The van der Waals surface area contributed by atoms with Crippen LogP contribution in [0.3, 0.4) is 0 Å². The van der Waals surface area contributed by atoms with Crippen molar-refractivity contribution in [1.29, 1.82) is 0 Å². The Balaban J connectivity index is 1.76. The molecule has 2 N–H and O–H groups in total. The Morgan fingerprint density at radius 3 is 2.61 bits per heavy atom. The molecule has 9 heteroatoms. The molecule has 2 aromatic rings. The summed E-state index contributed by atoms with van der Waals surface area (Å²) in [4.78, 5) is 15.7. The predicted molar refractivity (Wildman–Crippen MR) is 112 cm³/mol. The standard InChI is InChI=1S/C22H23F3N4O2/c1-13(27-31)14-7-8-18-20(11-14)28(2)17-6-4-3-5-16(17)19-12-15(9-10-29(18)19)26-21(30)22(23,24)25/h3-8,11,15,19,31H,9-10,12H2,1-2H3,(H,26,30)/b27-13+. The van der Waals surface area contributed by atoms with Gasteiger partial charge in [-0.15, -0.1) is 0 Å². The monoisotopic (exact) mass is 432 g/mol. The molecule has 164 valence electrons. The van der Waals surface area contributed by atoms with E-state index in [1.807, 2.05) is 54.4 Å². The van der Waals surface area contributed by atoms with E-state index in [0.717, 1.165) is 28.2 Å². The van der Waals surface area contributed by atoms with Crippen molar-refractivity contribution in [2.75, 3.05) is 23.4 Å². The van der Waals surface area contributed by atoms with E-state index in [1.165, 1.54) is 0 Å². The van der Waals surface area contributed by atoms with Crippen molar-refractivity contribution in [1.82, 2.24) is 5.32 Å². The van der Waals surface area contributed by atoms with Crippen LogP contribution in [0.4, 0.5) is 30.2 Å². The highest BCUT2D eigenvalue weighted by molar-refractivity contribution is 6.00. The molecule has 0 saturated carbocycles. The van der Waals surface area contributed by atoms with Gasteiger partial charge in [0.15, 0.2) is 0 Å². The minimum Gasteiger partial charge on any atom is -0.411 e. The summed E-state index contributed by atoms with van der Waals surface area (Å²) in [7, 11) is 1.94. The van der Waals surface area contributed by atoms with Crippen molar-refractivity contribution in [2.24, 2.45) is 5.16 Å². The number of hydrogen-bond donors (Lipinski definition) is 2. The Bertz CT molecular complexity index is 1040. The molecule has 0 spiro atoms. The van der Waals surface area contributed by atoms with Crippen LogP contribution < -0.4 is 15.1 Å². The van der Waals surface area contributed by atoms with Gasteiger partial charge in [-0.2, -0.15) is 13.2 Å². The maximum Gasteiger partial charge on any atom is 0.471 e. The number of rotatable bonds is 2. The van der Waals surface area contributed by atoms with Crippen LogP contribution in [0.15, 0.2) is 47.6 Å². The second-order valence-electron chi connectivity index (χ2n) is 7.91. The van der Waals surface area contributed by atoms with E-state index in [1.54, 1.807) is 6.92 Å². The second kappa shape index (κ2) is 7.79. The van der Waals surface area contributed by atoms with Crippen molar-refractivity contribution in [3.63, 3.8) is 0 Å². The predicted octanol–water partition coefficient (Wildman–Crippen LogP) is 4.35. The SMILES string of the molecule is C/C(=N\O)c1ccc2c(c1)N(C)c1ccccc1C1CC(NC(=O)C(F)(F)F)CCN21. The largest absolute Gasteiger partial charge is 0.471 e. The number of benzene rings is 2. The minimum atomic E-state index is -4.90. The molecule has 2 aliphatic rings. The lowest BCUT2D eigenvalue weighted by atomic mass is 9.90.